The van der Waals surface area contributed by atoms with Crippen molar-refractivity contribution in [3.05, 3.63) is 79.8 Å². The Bertz CT molecular complexity index is 1040. The number of aromatic nitrogens is 3. The number of amides is 1. The van der Waals surface area contributed by atoms with Gasteiger partial charge >= 0.3 is 0 Å². The van der Waals surface area contributed by atoms with Crippen molar-refractivity contribution in [2.45, 2.75) is 13.5 Å². The van der Waals surface area contributed by atoms with E-state index in [-0.39, 0.29) is 17.9 Å². The van der Waals surface area contributed by atoms with Gasteiger partial charge in [0.15, 0.2) is 5.69 Å². The SMILES string of the molecule is Cc1c(C(=O)NCc2cc(F)ccc2Br)nnn1-c1cccc([N+](=O)[O-])c1. The van der Waals surface area contributed by atoms with Gasteiger partial charge in [-0.15, -0.1) is 5.10 Å². The highest BCUT2D eigenvalue weighted by molar-refractivity contribution is 9.10. The van der Waals surface area contributed by atoms with Crippen LogP contribution >= 0.6 is 15.9 Å². The molecule has 0 aliphatic rings. The monoisotopic (exact) mass is 433 g/mol. The third-order valence-electron chi connectivity index (χ3n) is 3.84. The first-order valence-corrected chi connectivity index (χ1v) is 8.55. The number of halogens is 2. The predicted molar refractivity (Wildman–Crippen MR) is 98.0 cm³/mol. The highest BCUT2D eigenvalue weighted by Crippen LogP contribution is 2.19. The normalized spacial score (nSPS) is 10.6. The number of nitrogens with zero attached hydrogens (tertiary/aromatic N) is 4. The summed E-state index contributed by atoms with van der Waals surface area (Å²) >= 11 is 3.30. The quantitative estimate of drug-likeness (QED) is 0.490. The summed E-state index contributed by atoms with van der Waals surface area (Å²) in [6, 6.07) is 10.0. The first-order chi connectivity index (χ1) is 12.9. The van der Waals surface area contributed by atoms with E-state index in [0.29, 0.717) is 21.4 Å². The minimum atomic E-state index is -0.514. The van der Waals surface area contributed by atoms with Crippen LogP contribution in [-0.2, 0) is 6.54 Å². The zero-order chi connectivity index (χ0) is 19.6. The number of hydrogen-bond acceptors (Lipinski definition) is 5. The summed E-state index contributed by atoms with van der Waals surface area (Å²) in [5, 5.41) is 21.4. The van der Waals surface area contributed by atoms with Gasteiger partial charge in [0.25, 0.3) is 11.6 Å². The number of hydrogen-bond donors (Lipinski definition) is 1. The molecule has 3 aromatic rings. The molecule has 8 nitrogen and oxygen atoms in total. The Labute approximate surface area is 161 Å². The molecule has 1 N–H and O–H groups in total. The summed E-state index contributed by atoms with van der Waals surface area (Å²) in [6.07, 6.45) is 0. The maximum absolute atomic E-state index is 13.3. The molecule has 0 atom stereocenters. The highest BCUT2D eigenvalue weighted by Gasteiger charge is 2.18. The maximum atomic E-state index is 13.3. The molecule has 138 valence electrons. The Balaban J connectivity index is 1.80. The Morgan fingerprint density at radius 2 is 2.11 bits per heavy atom. The van der Waals surface area contributed by atoms with Gasteiger partial charge in [-0.3, -0.25) is 14.9 Å². The molecule has 0 bridgehead atoms. The predicted octanol–water partition coefficient (Wildman–Crippen LogP) is 3.32. The number of carbonyl (C=O) groups is 1. The Hall–Kier alpha value is -3.14. The van der Waals surface area contributed by atoms with Gasteiger partial charge in [-0.25, -0.2) is 9.07 Å². The van der Waals surface area contributed by atoms with E-state index < -0.39 is 16.6 Å². The van der Waals surface area contributed by atoms with Gasteiger partial charge in [-0.05, 0) is 36.8 Å². The van der Waals surface area contributed by atoms with Gasteiger partial charge in [-0.2, -0.15) is 0 Å². The molecule has 1 heterocycles. The van der Waals surface area contributed by atoms with Crippen LogP contribution in [0.3, 0.4) is 0 Å². The van der Waals surface area contributed by atoms with Crippen molar-refractivity contribution in [3.8, 4) is 5.69 Å². The summed E-state index contributed by atoms with van der Waals surface area (Å²) in [4.78, 5) is 22.8. The van der Waals surface area contributed by atoms with Crippen LogP contribution in [0.15, 0.2) is 46.9 Å². The molecule has 0 radical (unpaired) electrons. The number of nitro benzene ring substituents is 1. The molecule has 1 amide bonds. The van der Waals surface area contributed by atoms with Crippen molar-refractivity contribution in [1.82, 2.24) is 20.3 Å². The van der Waals surface area contributed by atoms with Crippen LogP contribution < -0.4 is 5.32 Å². The number of carbonyl (C=O) groups excluding carboxylic acids is 1. The molecule has 0 unspecified atom stereocenters. The van der Waals surface area contributed by atoms with Gasteiger partial charge in [0.1, 0.15) is 5.82 Å². The van der Waals surface area contributed by atoms with Gasteiger partial charge in [0.05, 0.1) is 16.3 Å². The zero-order valence-electron chi connectivity index (χ0n) is 14.0. The molecule has 0 saturated carbocycles. The average Bonchev–Trinajstić information content (AvgIpc) is 3.04. The lowest BCUT2D eigenvalue weighted by Crippen LogP contribution is -2.24. The molecule has 10 heteroatoms. The van der Waals surface area contributed by atoms with Gasteiger partial charge in [0, 0.05) is 23.2 Å². The van der Waals surface area contributed by atoms with Crippen molar-refractivity contribution in [1.29, 1.82) is 0 Å². The summed E-state index contributed by atoms with van der Waals surface area (Å²) in [7, 11) is 0. The molecule has 0 saturated heterocycles. The van der Waals surface area contributed by atoms with Crippen molar-refractivity contribution in [2.75, 3.05) is 0 Å². The number of nitrogens with one attached hydrogen (secondary N) is 1. The third-order valence-corrected chi connectivity index (χ3v) is 4.62. The standard InChI is InChI=1S/C17H13BrFN5O3/c1-10-16(17(25)20-9-11-7-12(19)5-6-15(11)18)21-22-23(10)13-3-2-4-14(8-13)24(26)27/h2-8H,9H2,1H3,(H,20,25). The van der Waals surface area contributed by atoms with E-state index >= 15 is 0 Å². The van der Waals surface area contributed by atoms with Crippen LogP contribution in [0.2, 0.25) is 0 Å². The van der Waals surface area contributed by atoms with E-state index in [1.807, 2.05) is 0 Å². The van der Waals surface area contributed by atoms with E-state index in [2.05, 4.69) is 31.6 Å². The summed E-state index contributed by atoms with van der Waals surface area (Å²) in [5.74, 6) is -0.893. The third kappa shape index (κ3) is 4.00. The minimum Gasteiger partial charge on any atom is -0.346 e. The lowest BCUT2D eigenvalue weighted by molar-refractivity contribution is -0.384. The molecule has 27 heavy (non-hydrogen) atoms. The molecule has 0 fully saturated rings. The average molecular weight is 434 g/mol. The molecule has 0 spiro atoms. The molecule has 1 aromatic heterocycles. The van der Waals surface area contributed by atoms with Gasteiger partial charge in [0.2, 0.25) is 0 Å². The van der Waals surface area contributed by atoms with E-state index in [9.17, 15) is 19.3 Å². The molecule has 3 rings (SSSR count). The molecule has 0 aliphatic heterocycles. The second-order valence-electron chi connectivity index (χ2n) is 5.63. The fourth-order valence-corrected chi connectivity index (χ4v) is 2.85. The minimum absolute atomic E-state index is 0.0778. The van der Waals surface area contributed by atoms with Crippen molar-refractivity contribution < 1.29 is 14.1 Å². The van der Waals surface area contributed by atoms with Gasteiger partial charge < -0.3 is 5.32 Å². The Morgan fingerprint density at radius 3 is 2.85 bits per heavy atom. The van der Waals surface area contributed by atoms with E-state index in [1.54, 1.807) is 19.1 Å². The summed E-state index contributed by atoms with van der Waals surface area (Å²) in [5.41, 5.74) is 1.40. The number of nitro groups is 1. The van der Waals surface area contributed by atoms with Crippen LogP contribution in [0, 0.1) is 22.9 Å². The Morgan fingerprint density at radius 1 is 1.33 bits per heavy atom. The topological polar surface area (TPSA) is 103 Å². The zero-order valence-corrected chi connectivity index (χ0v) is 15.6. The lowest BCUT2D eigenvalue weighted by atomic mass is 10.2. The largest absolute Gasteiger partial charge is 0.346 e. The second-order valence-corrected chi connectivity index (χ2v) is 6.48. The Kier molecular flexibility index (Phi) is 5.26. The van der Waals surface area contributed by atoms with Crippen molar-refractivity contribution in [2.24, 2.45) is 0 Å². The number of rotatable bonds is 5. The molecular weight excluding hydrogens is 421 g/mol. The van der Waals surface area contributed by atoms with Gasteiger partial charge in [-0.1, -0.05) is 27.2 Å². The van der Waals surface area contributed by atoms with E-state index in [1.165, 1.54) is 35.0 Å². The van der Waals surface area contributed by atoms with Crippen LogP contribution in [-0.4, -0.2) is 25.8 Å². The van der Waals surface area contributed by atoms with Crippen LogP contribution in [0.4, 0.5) is 10.1 Å². The van der Waals surface area contributed by atoms with Crippen LogP contribution in [0.25, 0.3) is 5.69 Å². The van der Waals surface area contributed by atoms with Crippen molar-refractivity contribution in [3.63, 3.8) is 0 Å². The fraction of sp³-hybridized carbons (Fsp3) is 0.118. The van der Waals surface area contributed by atoms with Crippen molar-refractivity contribution >= 4 is 27.5 Å². The molecule has 2 aromatic carbocycles. The highest BCUT2D eigenvalue weighted by atomic mass is 79.9. The maximum Gasteiger partial charge on any atom is 0.274 e. The van der Waals surface area contributed by atoms with E-state index in [4.69, 9.17) is 0 Å². The first kappa shape index (κ1) is 18.6. The second kappa shape index (κ2) is 7.62. The van der Waals surface area contributed by atoms with E-state index in [0.717, 1.165) is 0 Å². The summed E-state index contributed by atoms with van der Waals surface area (Å²) < 4.78 is 15.3. The molecular formula is C17H13BrFN5O3. The molecule has 0 aliphatic carbocycles. The number of non-ortho nitro benzene ring substituents is 1. The fourth-order valence-electron chi connectivity index (χ4n) is 2.46. The first-order valence-electron chi connectivity index (χ1n) is 7.76. The summed E-state index contributed by atoms with van der Waals surface area (Å²) in [6.45, 7) is 1.73. The smallest absolute Gasteiger partial charge is 0.274 e. The number of benzene rings is 2. The lowest BCUT2D eigenvalue weighted by Gasteiger charge is -2.07. The van der Waals surface area contributed by atoms with Crippen LogP contribution in [0.5, 0.6) is 0 Å². The van der Waals surface area contributed by atoms with Crippen LogP contribution in [0.1, 0.15) is 21.7 Å².